The smallest absolute Gasteiger partial charge is 0.295 e. The highest BCUT2D eigenvalue weighted by Gasteiger charge is 2.32. The molecule has 1 saturated carbocycles. The van der Waals surface area contributed by atoms with Crippen LogP contribution < -0.4 is 10.1 Å². The number of amides is 2. The Balaban J connectivity index is 1.80. The van der Waals surface area contributed by atoms with Crippen LogP contribution in [0.15, 0.2) is 24.4 Å². The summed E-state index contributed by atoms with van der Waals surface area (Å²) in [5, 5.41) is 3.39. The normalized spacial score (nSPS) is 14.5. The van der Waals surface area contributed by atoms with Crippen molar-refractivity contribution in [3.63, 3.8) is 0 Å². The SMILES string of the molecule is COCCNC(=O)CN(C(=O)C(=O)c1c[nH]c2cc(OC)ccc12)C1CCCCC1. The first kappa shape index (κ1) is 21.8. The third kappa shape index (κ3) is 4.99. The lowest BCUT2D eigenvalue weighted by Gasteiger charge is -2.33. The van der Waals surface area contributed by atoms with Gasteiger partial charge in [0.25, 0.3) is 11.7 Å². The minimum atomic E-state index is -0.638. The van der Waals surface area contributed by atoms with E-state index in [0.717, 1.165) is 32.1 Å². The second kappa shape index (κ2) is 10.2. The van der Waals surface area contributed by atoms with Gasteiger partial charge in [0, 0.05) is 42.9 Å². The number of aromatic amines is 1. The molecule has 2 N–H and O–H groups in total. The van der Waals surface area contributed by atoms with E-state index in [1.54, 1.807) is 38.6 Å². The van der Waals surface area contributed by atoms with Crippen LogP contribution in [0.2, 0.25) is 0 Å². The largest absolute Gasteiger partial charge is 0.497 e. The fourth-order valence-corrected chi connectivity index (χ4v) is 3.93. The van der Waals surface area contributed by atoms with Gasteiger partial charge >= 0.3 is 0 Å². The standard InChI is InChI=1S/C22H29N3O5/c1-29-11-10-23-20(26)14-25(15-6-4-3-5-7-15)22(28)21(27)18-13-24-19-12-16(30-2)8-9-17(18)19/h8-9,12-13,15,24H,3-7,10-11,14H2,1-2H3,(H,23,26). The lowest BCUT2D eigenvalue weighted by Crippen LogP contribution is -2.49. The molecule has 2 amide bonds. The van der Waals surface area contributed by atoms with E-state index >= 15 is 0 Å². The Morgan fingerprint density at radius 2 is 1.93 bits per heavy atom. The molecule has 1 aliphatic rings. The number of nitrogens with one attached hydrogen (secondary N) is 2. The van der Waals surface area contributed by atoms with Gasteiger partial charge in [0.1, 0.15) is 12.3 Å². The van der Waals surface area contributed by atoms with Gasteiger partial charge in [-0.05, 0) is 25.0 Å². The quantitative estimate of drug-likeness (QED) is 0.372. The molecule has 30 heavy (non-hydrogen) atoms. The van der Waals surface area contributed by atoms with E-state index in [0.29, 0.717) is 35.4 Å². The summed E-state index contributed by atoms with van der Waals surface area (Å²) in [6, 6.07) is 5.18. The van der Waals surface area contributed by atoms with Crippen molar-refractivity contribution in [2.24, 2.45) is 0 Å². The Morgan fingerprint density at radius 1 is 1.17 bits per heavy atom. The van der Waals surface area contributed by atoms with Crippen molar-refractivity contribution in [2.45, 2.75) is 38.1 Å². The average Bonchev–Trinajstić information content (AvgIpc) is 3.20. The van der Waals surface area contributed by atoms with Gasteiger partial charge < -0.3 is 24.7 Å². The molecule has 0 saturated heterocycles. The maximum atomic E-state index is 13.2. The molecule has 2 aromatic rings. The van der Waals surface area contributed by atoms with Crippen molar-refractivity contribution in [3.8, 4) is 5.75 Å². The highest BCUT2D eigenvalue weighted by atomic mass is 16.5. The average molecular weight is 415 g/mol. The van der Waals surface area contributed by atoms with Crippen LogP contribution in [0.1, 0.15) is 42.5 Å². The molecule has 0 bridgehead atoms. The zero-order valence-electron chi connectivity index (χ0n) is 17.5. The Hall–Kier alpha value is -2.87. The van der Waals surface area contributed by atoms with Crippen molar-refractivity contribution in [1.82, 2.24) is 15.2 Å². The lowest BCUT2D eigenvalue weighted by atomic mass is 9.93. The maximum Gasteiger partial charge on any atom is 0.295 e. The Labute approximate surface area is 175 Å². The number of carbonyl (C=O) groups excluding carboxylic acids is 3. The summed E-state index contributed by atoms with van der Waals surface area (Å²) < 4.78 is 10.2. The van der Waals surface area contributed by atoms with Crippen LogP contribution in [-0.4, -0.2) is 67.4 Å². The summed E-state index contributed by atoms with van der Waals surface area (Å²) in [5.74, 6) is -0.879. The molecule has 162 valence electrons. The molecule has 8 heteroatoms. The number of nitrogens with zero attached hydrogens (tertiary/aromatic N) is 1. The number of fused-ring (bicyclic) bond motifs is 1. The fourth-order valence-electron chi connectivity index (χ4n) is 3.93. The van der Waals surface area contributed by atoms with Crippen LogP contribution in [0.3, 0.4) is 0 Å². The number of aromatic nitrogens is 1. The van der Waals surface area contributed by atoms with Crippen LogP contribution in [0.25, 0.3) is 10.9 Å². The monoisotopic (exact) mass is 415 g/mol. The molecule has 0 spiro atoms. The van der Waals surface area contributed by atoms with Gasteiger partial charge in [-0.25, -0.2) is 0 Å². The van der Waals surface area contributed by atoms with Gasteiger partial charge in [0.15, 0.2) is 0 Å². The van der Waals surface area contributed by atoms with Gasteiger partial charge in [-0.15, -0.1) is 0 Å². The molecule has 1 aromatic heterocycles. The van der Waals surface area contributed by atoms with E-state index in [4.69, 9.17) is 9.47 Å². The van der Waals surface area contributed by atoms with Crippen LogP contribution in [0.4, 0.5) is 0 Å². The number of H-pyrrole nitrogens is 1. The molecule has 1 aliphatic carbocycles. The maximum absolute atomic E-state index is 13.2. The van der Waals surface area contributed by atoms with Crippen LogP contribution >= 0.6 is 0 Å². The molecular formula is C22H29N3O5. The van der Waals surface area contributed by atoms with Crippen LogP contribution in [0, 0.1) is 0 Å². The third-order valence-corrected chi connectivity index (χ3v) is 5.55. The number of methoxy groups -OCH3 is 2. The fraction of sp³-hybridized carbons (Fsp3) is 0.500. The van der Waals surface area contributed by atoms with Gasteiger partial charge in [-0.1, -0.05) is 19.3 Å². The first-order chi connectivity index (χ1) is 14.5. The summed E-state index contributed by atoms with van der Waals surface area (Å²) >= 11 is 0. The van der Waals surface area contributed by atoms with Gasteiger partial charge in [0.05, 0.1) is 19.3 Å². The second-order valence-electron chi connectivity index (χ2n) is 7.51. The van der Waals surface area contributed by atoms with E-state index in [1.807, 2.05) is 0 Å². The summed E-state index contributed by atoms with van der Waals surface area (Å²) in [7, 11) is 3.12. The molecule has 0 radical (unpaired) electrons. The zero-order chi connectivity index (χ0) is 21.5. The number of benzene rings is 1. The predicted octanol–water partition coefficient (Wildman–Crippen LogP) is 2.28. The summed E-state index contributed by atoms with van der Waals surface area (Å²) in [4.78, 5) is 43.2. The molecule has 1 aromatic carbocycles. The number of rotatable bonds is 9. The Kier molecular flexibility index (Phi) is 7.46. The molecule has 1 heterocycles. The molecule has 0 atom stereocenters. The van der Waals surface area contributed by atoms with E-state index in [9.17, 15) is 14.4 Å². The second-order valence-corrected chi connectivity index (χ2v) is 7.51. The molecular weight excluding hydrogens is 386 g/mol. The van der Waals surface area contributed by atoms with E-state index < -0.39 is 11.7 Å². The zero-order valence-corrected chi connectivity index (χ0v) is 17.5. The third-order valence-electron chi connectivity index (χ3n) is 5.55. The lowest BCUT2D eigenvalue weighted by molar-refractivity contribution is -0.135. The number of ether oxygens (including phenoxy) is 2. The van der Waals surface area contributed by atoms with Gasteiger partial charge in [-0.3, -0.25) is 14.4 Å². The number of Topliss-reactive ketones (excluding diaryl/α,β-unsaturated/α-hetero) is 1. The van der Waals surface area contributed by atoms with Crippen molar-refractivity contribution in [1.29, 1.82) is 0 Å². The van der Waals surface area contributed by atoms with Gasteiger partial charge in [0.2, 0.25) is 5.91 Å². The number of ketones is 1. The topological polar surface area (TPSA) is 101 Å². The minimum absolute atomic E-state index is 0.103. The summed E-state index contributed by atoms with van der Waals surface area (Å²) in [6.45, 7) is 0.621. The predicted molar refractivity (Wildman–Crippen MR) is 113 cm³/mol. The van der Waals surface area contributed by atoms with E-state index in [1.165, 1.54) is 4.90 Å². The number of hydrogen-bond donors (Lipinski definition) is 2. The van der Waals surface area contributed by atoms with Crippen molar-refractivity contribution < 1.29 is 23.9 Å². The summed E-state index contributed by atoms with van der Waals surface area (Å²) in [6.07, 6.45) is 6.23. The molecule has 8 nitrogen and oxygen atoms in total. The number of hydrogen-bond acceptors (Lipinski definition) is 5. The van der Waals surface area contributed by atoms with E-state index in [-0.39, 0.29) is 18.5 Å². The molecule has 0 unspecified atom stereocenters. The first-order valence-electron chi connectivity index (χ1n) is 10.3. The van der Waals surface area contributed by atoms with Crippen molar-refractivity contribution in [3.05, 3.63) is 30.0 Å². The molecule has 0 aliphatic heterocycles. The highest BCUT2D eigenvalue weighted by molar-refractivity contribution is 6.45. The number of carbonyl (C=O) groups is 3. The van der Waals surface area contributed by atoms with Gasteiger partial charge in [-0.2, -0.15) is 0 Å². The van der Waals surface area contributed by atoms with E-state index in [2.05, 4.69) is 10.3 Å². The van der Waals surface area contributed by atoms with Crippen LogP contribution in [0.5, 0.6) is 5.75 Å². The minimum Gasteiger partial charge on any atom is -0.497 e. The Bertz CT molecular complexity index is 901. The summed E-state index contributed by atoms with van der Waals surface area (Å²) in [5.41, 5.74) is 1.02. The van der Waals surface area contributed by atoms with Crippen molar-refractivity contribution >= 4 is 28.5 Å². The highest BCUT2D eigenvalue weighted by Crippen LogP contribution is 2.26. The molecule has 3 rings (SSSR count). The first-order valence-corrected chi connectivity index (χ1v) is 10.3. The Morgan fingerprint density at radius 3 is 2.63 bits per heavy atom. The van der Waals surface area contributed by atoms with Crippen molar-refractivity contribution in [2.75, 3.05) is 33.9 Å². The molecule has 1 fully saturated rings. The van der Waals surface area contributed by atoms with Crippen LogP contribution in [-0.2, 0) is 14.3 Å².